The Hall–Kier alpha value is -1.04. The van der Waals surface area contributed by atoms with E-state index < -0.39 is 18.3 Å². The number of esters is 1. The molecule has 0 bridgehead atoms. The molecule has 1 atom stereocenters. The van der Waals surface area contributed by atoms with E-state index in [9.17, 15) is 4.79 Å². The molecule has 0 saturated carbocycles. The molecule has 25 heavy (non-hydrogen) atoms. The highest BCUT2D eigenvalue weighted by Gasteiger charge is 2.52. The van der Waals surface area contributed by atoms with Gasteiger partial charge >= 0.3 is 13.1 Å². The van der Waals surface area contributed by atoms with Crippen LogP contribution in [0.2, 0.25) is 5.02 Å². The van der Waals surface area contributed by atoms with Gasteiger partial charge in [0.25, 0.3) is 0 Å². The lowest BCUT2D eigenvalue weighted by molar-refractivity contribution is -0.143. The normalized spacial score (nSPS) is 19.7. The zero-order chi connectivity index (χ0) is 18.8. The Balaban J connectivity index is 2.38. The topological polar surface area (TPSA) is 44.8 Å². The Labute approximate surface area is 156 Å². The van der Waals surface area contributed by atoms with Crippen molar-refractivity contribution < 1.29 is 18.8 Å². The second-order valence-corrected chi connectivity index (χ2v) is 7.85. The standard InChI is InChI=1S/C19H28BClO4/c1-7-13(12-16(22)23-8-2)17-14(10-9-11-15(17)21)20-24-18(3,4)19(5,6)25-20/h9-11,13H,7-8,12H2,1-6H3. The van der Waals surface area contributed by atoms with Gasteiger partial charge in [0.15, 0.2) is 0 Å². The van der Waals surface area contributed by atoms with E-state index in [1.807, 2.05) is 59.7 Å². The van der Waals surface area contributed by atoms with Crippen molar-refractivity contribution in [2.75, 3.05) is 6.61 Å². The largest absolute Gasteiger partial charge is 0.495 e. The molecule has 4 nitrogen and oxygen atoms in total. The minimum atomic E-state index is -0.505. The minimum Gasteiger partial charge on any atom is -0.466 e. The molecule has 138 valence electrons. The number of carbonyl (C=O) groups excluding carboxylic acids is 1. The van der Waals surface area contributed by atoms with Crippen molar-refractivity contribution in [3.8, 4) is 0 Å². The lowest BCUT2D eigenvalue weighted by Crippen LogP contribution is -2.41. The van der Waals surface area contributed by atoms with E-state index in [-0.39, 0.29) is 11.9 Å². The van der Waals surface area contributed by atoms with E-state index in [1.165, 1.54) is 0 Å². The molecule has 1 aromatic carbocycles. The summed E-state index contributed by atoms with van der Waals surface area (Å²) in [5.74, 6) is -0.254. The van der Waals surface area contributed by atoms with E-state index in [0.29, 0.717) is 18.1 Å². The summed E-state index contributed by atoms with van der Waals surface area (Å²) in [6.45, 7) is 12.3. The molecule has 0 N–H and O–H groups in total. The maximum Gasteiger partial charge on any atom is 0.495 e. The maximum absolute atomic E-state index is 12.0. The third-order valence-corrected chi connectivity index (χ3v) is 5.54. The summed E-state index contributed by atoms with van der Waals surface area (Å²) >= 11 is 6.52. The van der Waals surface area contributed by atoms with E-state index >= 15 is 0 Å². The van der Waals surface area contributed by atoms with Crippen LogP contribution < -0.4 is 5.46 Å². The number of halogens is 1. The molecule has 6 heteroatoms. The third-order valence-electron chi connectivity index (χ3n) is 5.21. The van der Waals surface area contributed by atoms with Gasteiger partial charge < -0.3 is 14.0 Å². The Morgan fingerprint density at radius 1 is 1.20 bits per heavy atom. The highest BCUT2D eigenvalue weighted by molar-refractivity contribution is 6.63. The Morgan fingerprint density at radius 3 is 2.32 bits per heavy atom. The van der Waals surface area contributed by atoms with Gasteiger partial charge in [0.1, 0.15) is 0 Å². The van der Waals surface area contributed by atoms with E-state index in [0.717, 1.165) is 17.4 Å². The van der Waals surface area contributed by atoms with Crippen LogP contribution in [-0.2, 0) is 18.8 Å². The number of rotatable bonds is 6. The second kappa shape index (κ2) is 7.69. The first-order valence-corrected chi connectivity index (χ1v) is 9.30. The van der Waals surface area contributed by atoms with Gasteiger partial charge in [-0.25, -0.2) is 0 Å². The lowest BCUT2D eigenvalue weighted by atomic mass is 9.72. The van der Waals surface area contributed by atoms with Crippen LogP contribution in [0, 0.1) is 0 Å². The van der Waals surface area contributed by atoms with Crippen molar-refractivity contribution in [1.82, 2.24) is 0 Å². The Kier molecular flexibility index (Phi) is 6.24. The Bertz CT molecular complexity index is 614. The van der Waals surface area contributed by atoms with Crippen LogP contribution in [0.4, 0.5) is 0 Å². The molecule has 0 aliphatic carbocycles. The van der Waals surface area contributed by atoms with E-state index in [1.54, 1.807) is 0 Å². The number of ether oxygens (including phenoxy) is 1. The first-order valence-electron chi connectivity index (χ1n) is 8.92. The van der Waals surface area contributed by atoms with Crippen molar-refractivity contribution in [2.45, 2.75) is 71.5 Å². The minimum absolute atomic E-state index is 0.0400. The summed E-state index contributed by atoms with van der Waals surface area (Å²) in [5, 5.41) is 0.628. The molecule has 1 saturated heterocycles. The summed E-state index contributed by atoms with van der Waals surface area (Å²) in [6.07, 6.45) is 1.07. The van der Waals surface area contributed by atoms with Crippen LogP contribution in [-0.4, -0.2) is 30.9 Å². The molecule has 0 radical (unpaired) electrons. The Morgan fingerprint density at radius 2 is 1.80 bits per heavy atom. The fourth-order valence-electron chi connectivity index (χ4n) is 3.03. The van der Waals surface area contributed by atoms with Crippen LogP contribution >= 0.6 is 11.6 Å². The van der Waals surface area contributed by atoms with Crippen LogP contribution in [0.5, 0.6) is 0 Å². The average molecular weight is 367 g/mol. The summed E-state index contributed by atoms with van der Waals surface area (Å²) in [4.78, 5) is 12.0. The summed E-state index contributed by atoms with van der Waals surface area (Å²) in [6, 6.07) is 5.71. The van der Waals surface area contributed by atoms with Crippen LogP contribution in [0.3, 0.4) is 0 Å². The summed E-state index contributed by atoms with van der Waals surface area (Å²) < 4.78 is 17.5. The molecule has 0 amide bonds. The highest BCUT2D eigenvalue weighted by atomic mass is 35.5. The average Bonchev–Trinajstić information content (AvgIpc) is 2.73. The molecule has 1 heterocycles. The smallest absolute Gasteiger partial charge is 0.466 e. The van der Waals surface area contributed by atoms with Crippen LogP contribution in [0.1, 0.15) is 65.9 Å². The first kappa shape index (κ1) is 20.3. The van der Waals surface area contributed by atoms with Gasteiger partial charge in [-0.1, -0.05) is 30.7 Å². The van der Waals surface area contributed by atoms with Gasteiger partial charge in [0.05, 0.1) is 24.2 Å². The second-order valence-electron chi connectivity index (χ2n) is 7.45. The molecule has 1 unspecified atom stereocenters. The monoisotopic (exact) mass is 366 g/mol. The van der Waals surface area contributed by atoms with Crippen molar-refractivity contribution in [1.29, 1.82) is 0 Å². The molecular weight excluding hydrogens is 338 g/mol. The molecule has 1 aliphatic rings. The highest BCUT2D eigenvalue weighted by Crippen LogP contribution is 2.38. The lowest BCUT2D eigenvalue weighted by Gasteiger charge is -2.32. The number of carbonyl (C=O) groups is 1. The maximum atomic E-state index is 12.0. The predicted molar refractivity (Wildman–Crippen MR) is 101 cm³/mol. The summed E-state index contributed by atoms with van der Waals surface area (Å²) in [5.41, 5.74) is 0.945. The van der Waals surface area contributed by atoms with Gasteiger partial charge in [-0.2, -0.15) is 0 Å². The van der Waals surface area contributed by atoms with Gasteiger partial charge in [-0.3, -0.25) is 4.79 Å². The van der Waals surface area contributed by atoms with Crippen LogP contribution in [0.25, 0.3) is 0 Å². The SMILES string of the molecule is CCOC(=O)CC(CC)c1c(Cl)cccc1B1OC(C)(C)C(C)(C)O1. The first-order chi connectivity index (χ1) is 11.6. The number of hydrogen-bond donors (Lipinski definition) is 0. The van der Waals surface area contributed by atoms with Gasteiger partial charge in [-0.05, 0) is 64.1 Å². The molecular formula is C19H28BClO4. The summed E-state index contributed by atoms with van der Waals surface area (Å²) in [7, 11) is -0.505. The number of hydrogen-bond acceptors (Lipinski definition) is 4. The third kappa shape index (κ3) is 4.21. The molecule has 0 spiro atoms. The molecule has 1 fully saturated rings. The van der Waals surface area contributed by atoms with E-state index in [2.05, 4.69) is 0 Å². The zero-order valence-electron chi connectivity index (χ0n) is 16.0. The van der Waals surface area contributed by atoms with Crippen molar-refractivity contribution in [2.24, 2.45) is 0 Å². The molecule has 1 aromatic rings. The number of benzene rings is 1. The molecule has 0 aromatic heterocycles. The zero-order valence-corrected chi connectivity index (χ0v) is 16.8. The van der Waals surface area contributed by atoms with Crippen molar-refractivity contribution in [3.05, 3.63) is 28.8 Å². The van der Waals surface area contributed by atoms with Crippen molar-refractivity contribution >= 4 is 30.2 Å². The van der Waals surface area contributed by atoms with Crippen LogP contribution in [0.15, 0.2) is 18.2 Å². The van der Waals surface area contributed by atoms with Gasteiger partial charge in [0.2, 0.25) is 0 Å². The predicted octanol–water partition coefficient (Wildman–Crippen LogP) is 4.09. The fourth-order valence-corrected chi connectivity index (χ4v) is 3.37. The quantitative estimate of drug-likeness (QED) is 0.562. The van der Waals surface area contributed by atoms with E-state index in [4.69, 9.17) is 25.6 Å². The van der Waals surface area contributed by atoms with Gasteiger partial charge in [-0.15, -0.1) is 0 Å². The van der Waals surface area contributed by atoms with Crippen molar-refractivity contribution in [3.63, 3.8) is 0 Å². The fraction of sp³-hybridized carbons (Fsp3) is 0.632. The van der Waals surface area contributed by atoms with Gasteiger partial charge in [0, 0.05) is 5.02 Å². The molecule has 1 aliphatic heterocycles. The molecule has 2 rings (SSSR count).